The summed E-state index contributed by atoms with van der Waals surface area (Å²) in [6, 6.07) is 7.16. The number of benzene rings is 1. The van der Waals surface area contributed by atoms with Crippen LogP contribution in [0.4, 0.5) is 0 Å². The summed E-state index contributed by atoms with van der Waals surface area (Å²) in [5, 5.41) is 0. The van der Waals surface area contributed by atoms with Crippen molar-refractivity contribution in [2.45, 2.75) is 31.1 Å². The molecule has 128 valence electrons. The van der Waals surface area contributed by atoms with E-state index < -0.39 is 10.0 Å². The number of sulfonamides is 1. The summed E-state index contributed by atoms with van der Waals surface area (Å²) in [5.74, 6) is 0.0334. The van der Waals surface area contributed by atoms with Crippen LogP contribution in [-0.4, -0.2) is 56.3 Å². The summed E-state index contributed by atoms with van der Waals surface area (Å²) in [7, 11) is -3.47. The number of piperazine rings is 1. The van der Waals surface area contributed by atoms with Crippen molar-refractivity contribution >= 4 is 15.9 Å². The van der Waals surface area contributed by atoms with E-state index in [1.165, 1.54) is 4.31 Å². The molecular formula is C16H25N3O3S. The van der Waals surface area contributed by atoms with Crippen molar-refractivity contribution in [3.05, 3.63) is 29.8 Å². The molecule has 1 aliphatic heterocycles. The Bertz CT molecular complexity index is 635. The Hall–Kier alpha value is -1.44. The van der Waals surface area contributed by atoms with Gasteiger partial charge in [0.25, 0.3) is 0 Å². The topological polar surface area (TPSA) is 83.7 Å². The number of nitrogens with two attached hydrogens (primary N) is 1. The van der Waals surface area contributed by atoms with Crippen LogP contribution in [0.25, 0.3) is 0 Å². The predicted molar refractivity (Wildman–Crippen MR) is 89.5 cm³/mol. The smallest absolute Gasteiger partial charge is 0.243 e. The van der Waals surface area contributed by atoms with Crippen LogP contribution in [-0.2, 0) is 14.8 Å². The molecule has 0 radical (unpaired) electrons. The molecule has 1 amide bonds. The summed E-state index contributed by atoms with van der Waals surface area (Å²) in [5.41, 5.74) is 6.32. The van der Waals surface area contributed by atoms with Crippen LogP contribution in [0.2, 0.25) is 0 Å². The molecule has 1 aromatic carbocycles. The van der Waals surface area contributed by atoms with Crippen molar-refractivity contribution in [2.24, 2.45) is 5.73 Å². The molecule has 1 aliphatic rings. The van der Waals surface area contributed by atoms with E-state index in [4.69, 9.17) is 5.73 Å². The minimum atomic E-state index is -3.47. The maximum atomic E-state index is 12.7. The molecule has 6 nitrogen and oxygen atoms in total. The molecular weight excluding hydrogens is 314 g/mol. The number of primary amides is 1. The van der Waals surface area contributed by atoms with Gasteiger partial charge in [-0.3, -0.25) is 9.69 Å². The highest BCUT2D eigenvalue weighted by Crippen LogP contribution is 2.23. The second-order valence-electron chi connectivity index (χ2n) is 6.02. The van der Waals surface area contributed by atoms with Crippen molar-refractivity contribution in [2.75, 3.05) is 32.7 Å². The average molecular weight is 339 g/mol. The third kappa shape index (κ3) is 4.31. The van der Waals surface area contributed by atoms with Crippen LogP contribution in [0.5, 0.6) is 0 Å². The van der Waals surface area contributed by atoms with Crippen LogP contribution in [0, 0.1) is 0 Å². The first kappa shape index (κ1) is 17.9. The second-order valence-corrected chi connectivity index (χ2v) is 7.96. The van der Waals surface area contributed by atoms with Crippen molar-refractivity contribution in [1.82, 2.24) is 9.21 Å². The van der Waals surface area contributed by atoms with E-state index in [0.29, 0.717) is 37.0 Å². The van der Waals surface area contributed by atoms with Crippen molar-refractivity contribution < 1.29 is 13.2 Å². The van der Waals surface area contributed by atoms with E-state index in [-0.39, 0.29) is 12.5 Å². The van der Waals surface area contributed by atoms with Crippen LogP contribution in [0.3, 0.4) is 0 Å². The molecule has 1 heterocycles. The number of hydrogen-bond acceptors (Lipinski definition) is 4. The van der Waals surface area contributed by atoms with Gasteiger partial charge in [0.15, 0.2) is 0 Å². The van der Waals surface area contributed by atoms with E-state index >= 15 is 0 Å². The number of nitrogens with zero attached hydrogens (tertiary/aromatic N) is 2. The average Bonchev–Trinajstić information content (AvgIpc) is 2.54. The van der Waals surface area contributed by atoms with Gasteiger partial charge in [0.2, 0.25) is 15.9 Å². The Morgan fingerprint density at radius 1 is 1.17 bits per heavy atom. The van der Waals surface area contributed by atoms with Gasteiger partial charge in [-0.15, -0.1) is 0 Å². The van der Waals surface area contributed by atoms with Gasteiger partial charge < -0.3 is 5.73 Å². The molecule has 7 heteroatoms. The van der Waals surface area contributed by atoms with E-state index in [1.807, 2.05) is 17.0 Å². The van der Waals surface area contributed by atoms with Crippen molar-refractivity contribution in [1.29, 1.82) is 0 Å². The molecule has 2 N–H and O–H groups in total. The molecule has 0 saturated carbocycles. The Kier molecular flexibility index (Phi) is 5.78. The lowest BCUT2D eigenvalue weighted by Gasteiger charge is -2.33. The normalized spacial score (nSPS) is 18.7. The summed E-state index contributed by atoms with van der Waals surface area (Å²) in [6.07, 6.45) is 1.02. The van der Waals surface area contributed by atoms with Gasteiger partial charge in [0.05, 0.1) is 11.4 Å². The summed E-state index contributed by atoms with van der Waals surface area (Å²) in [4.78, 5) is 13.1. The Labute approximate surface area is 138 Å². The lowest BCUT2D eigenvalue weighted by Crippen LogP contribution is -2.50. The molecule has 1 fully saturated rings. The Morgan fingerprint density at radius 2 is 1.74 bits per heavy atom. The van der Waals surface area contributed by atoms with E-state index in [9.17, 15) is 13.2 Å². The largest absolute Gasteiger partial charge is 0.369 e. The molecule has 1 aromatic rings. The number of carbonyl (C=O) groups is 1. The monoisotopic (exact) mass is 339 g/mol. The number of amides is 1. The first-order chi connectivity index (χ1) is 10.8. The molecule has 0 aromatic heterocycles. The lowest BCUT2D eigenvalue weighted by atomic mass is 9.99. The summed E-state index contributed by atoms with van der Waals surface area (Å²) >= 11 is 0. The molecule has 0 unspecified atom stereocenters. The summed E-state index contributed by atoms with van der Waals surface area (Å²) < 4.78 is 26.8. The quantitative estimate of drug-likeness (QED) is 0.838. The van der Waals surface area contributed by atoms with E-state index in [1.54, 1.807) is 12.1 Å². The molecule has 1 saturated heterocycles. The fourth-order valence-corrected chi connectivity index (χ4v) is 4.12. The van der Waals surface area contributed by atoms with Gasteiger partial charge >= 0.3 is 0 Å². The lowest BCUT2D eigenvalue weighted by molar-refractivity contribution is -0.119. The van der Waals surface area contributed by atoms with Crippen LogP contribution in [0.1, 0.15) is 31.7 Å². The van der Waals surface area contributed by atoms with E-state index in [2.05, 4.69) is 13.8 Å². The Balaban J connectivity index is 2.06. The van der Waals surface area contributed by atoms with E-state index in [0.717, 1.165) is 12.0 Å². The zero-order chi connectivity index (χ0) is 17.0. The maximum absolute atomic E-state index is 12.7. The van der Waals surface area contributed by atoms with Gasteiger partial charge in [-0.25, -0.2) is 8.42 Å². The molecule has 23 heavy (non-hydrogen) atoms. The fourth-order valence-electron chi connectivity index (χ4n) is 2.70. The SMILES string of the molecule is CC[C@@H](C)c1ccc(S(=O)(=O)N2CCN(CC(N)=O)CC2)cc1. The standard InChI is InChI=1S/C16H25N3O3S/c1-3-13(2)14-4-6-15(7-5-14)23(21,22)19-10-8-18(9-11-19)12-16(17)20/h4-7,13H,3,8-12H2,1-2H3,(H2,17,20)/t13-/m1/s1. The Morgan fingerprint density at radius 3 is 2.22 bits per heavy atom. The number of carbonyl (C=O) groups excluding carboxylic acids is 1. The minimum absolute atomic E-state index is 0.178. The maximum Gasteiger partial charge on any atom is 0.243 e. The molecule has 0 bridgehead atoms. The predicted octanol–water partition coefficient (Wildman–Crippen LogP) is 0.992. The van der Waals surface area contributed by atoms with Crippen LogP contribution >= 0.6 is 0 Å². The fraction of sp³-hybridized carbons (Fsp3) is 0.562. The van der Waals surface area contributed by atoms with Crippen molar-refractivity contribution in [3.63, 3.8) is 0 Å². The highest BCUT2D eigenvalue weighted by molar-refractivity contribution is 7.89. The van der Waals surface area contributed by atoms with Crippen LogP contribution in [0.15, 0.2) is 29.2 Å². The highest BCUT2D eigenvalue weighted by atomic mass is 32.2. The third-order valence-corrected chi connectivity index (χ3v) is 6.32. The minimum Gasteiger partial charge on any atom is -0.369 e. The second kappa shape index (κ2) is 7.42. The van der Waals surface area contributed by atoms with Gasteiger partial charge in [-0.1, -0.05) is 26.0 Å². The van der Waals surface area contributed by atoms with Gasteiger partial charge in [-0.2, -0.15) is 4.31 Å². The highest BCUT2D eigenvalue weighted by Gasteiger charge is 2.28. The zero-order valence-electron chi connectivity index (χ0n) is 13.7. The van der Waals surface area contributed by atoms with Gasteiger partial charge in [-0.05, 0) is 30.0 Å². The first-order valence-electron chi connectivity index (χ1n) is 7.95. The molecule has 0 aliphatic carbocycles. The van der Waals surface area contributed by atoms with Crippen LogP contribution < -0.4 is 5.73 Å². The zero-order valence-corrected chi connectivity index (χ0v) is 14.6. The molecule has 1 atom stereocenters. The van der Waals surface area contributed by atoms with Gasteiger partial charge in [0.1, 0.15) is 0 Å². The summed E-state index contributed by atoms with van der Waals surface area (Å²) in [6.45, 7) is 6.21. The van der Waals surface area contributed by atoms with Crippen molar-refractivity contribution in [3.8, 4) is 0 Å². The molecule has 2 rings (SSSR count). The van der Waals surface area contributed by atoms with Gasteiger partial charge in [0, 0.05) is 26.2 Å². The third-order valence-electron chi connectivity index (χ3n) is 4.41. The number of hydrogen-bond donors (Lipinski definition) is 1. The first-order valence-corrected chi connectivity index (χ1v) is 9.39. The molecule has 0 spiro atoms. The number of rotatable bonds is 6.